The molecular formula is C13H17FN2O. The molecule has 2 rings (SSSR count). The minimum atomic E-state index is -0.313. The van der Waals surface area contributed by atoms with E-state index in [0.717, 1.165) is 26.1 Å². The van der Waals surface area contributed by atoms with Crippen molar-refractivity contribution in [1.29, 1.82) is 0 Å². The van der Waals surface area contributed by atoms with Crippen LogP contribution in [0.1, 0.15) is 23.7 Å². The normalized spacial score (nSPS) is 21.1. The van der Waals surface area contributed by atoms with Crippen LogP contribution in [0.15, 0.2) is 24.3 Å². The molecule has 1 unspecified atom stereocenters. The highest BCUT2D eigenvalue weighted by molar-refractivity contribution is 5.94. The van der Waals surface area contributed by atoms with Crippen LogP contribution in [0.25, 0.3) is 0 Å². The van der Waals surface area contributed by atoms with Crippen LogP contribution in [-0.2, 0) is 0 Å². The second-order valence-corrected chi connectivity index (χ2v) is 4.41. The van der Waals surface area contributed by atoms with Crippen molar-refractivity contribution in [3.8, 4) is 0 Å². The largest absolute Gasteiger partial charge is 0.335 e. The van der Waals surface area contributed by atoms with Gasteiger partial charge < -0.3 is 10.2 Å². The third-order valence-electron chi connectivity index (χ3n) is 3.08. The molecule has 0 aromatic heterocycles. The highest BCUT2D eigenvalue weighted by Crippen LogP contribution is 2.11. The van der Waals surface area contributed by atoms with Gasteiger partial charge in [0.25, 0.3) is 5.91 Å². The molecule has 1 aromatic rings. The number of hydrogen-bond acceptors (Lipinski definition) is 2. The third kappa shape index (κ3) is 2.82. The standard InChI is InChI=1S/C13H17FN2O/c1-10-9-15-7-2-8-16(10)13(17)11-3-5-12(14)6-4-11/h3-6,10,15H,2,7-9H2,1H3. The van der Waals surface area contributed by atoms with Gasteiger partial charge in [-0.25, -0.2) is 4.39 Å². The van der Waals surface area contributed by atoms with E-state index in [0.29, 0.717) is 5.56 Å². The fourth-order valence-corrected chi connectivity index (χ4v) is 2.08. The second-order valence-electron chi connectivity index (χ2n) is 4.41. The molecule has 1 aliphatic heterocycles. The van der Waals surface area contributed by atoms with Crippen molar-refractivity contribution in [2.75, 3.05) is 19.6 Å². The molecule has 1 heterocycles. The van der Waals surface area contributed by atoms with E-state index in [1.165, 1.54) is 12.1 Å². The predicted molar refractivity (Wildman–Crippen MR) is 64.4 cm³/mol. The number of benzene rings is 1. The van der Waals surface area contributed by atoms with Crippen molar-refractivity contribution in [2.45, 2.75) is 19.4 Å². The average Bonchev–Trinajstić information content (AvgIpc) is 2.54. The Morgan fingerprint density at radius 3 is 2.82 bits per heavy atom. The van der Waals surface area contributed by atoms with Gasteiger partial charge in [-0.05, 0) is 44.2 Å². The summed E-state index contributed by atoms with van der Waals surface area (Å²) in [6.45, 7) is 4.54. The number of halogens is 1. The van der Waals surface area contributed by atoms with Crippen LogP contribution in [-0.4, -0.2) is 36.5 Å². The molecule has 0 saturated carbocycles. The van der Waals surface area contributed by atoms with Crippen molar-refractivity contribution in [1.82, 2.24) is 10.2 Å². The SMILES string of the molecule is CC1CNCCCN1C(=O)c1ccc(F)cc1. The zero-order valence-electron chi connectivity index (χ0n) is 9.95. The van der Waals surface area contributed by atoms with E-state index >= 15 is 0 Å². The molecule has 1 saturated heterocycles. The van der Waals surface area contributed by atoms with Gasteiger partial charge in [0.1, 0.15) is 5.82 Å². The first-order chi connectivity index (χ1) is 8.18. The second kappa shape index (κ2) is 5.27. The van der Waals surface area contributed by atoms with Crippen LogP contribution in [0, 0.1) is 5.82 Å². The lowest BCUT2D eigenvalue weighted by atomic mass is 10.1. The Hall–Kier alpha value is -1.42. The molecule has 17 heavy (non-hydrogen) atoms. The summed E-state index contributed by atoms with van der Waals surface area (Å²) in [5.74, 6) is -0.326. The maximum Gasteiger partial charge on any atom is 0.254 e. The Labute approximate surface area is 101 Å². The number of rotatable bonds is 1. The van der Waals surface area contributed by atoms with Crippen molar-refractivity contribution < 1.29 is 9.18 Å². The third-order valence-corrected chi connectivity index (χ3v) is 3.08. The predicted octanol–water partition coefficient (Wildman–Crippen LogP) is 1.65. The topological polar surface area (TPSA) is 32.3 Å². The first-order valence-electron chi connectivity index (χ1n) is 5.96. The summed E-state index contributed by atoms with van der Waals surface area (Å²) < 4.78 is 12.8. The van der Waals surface area contributed by atoms with Crippen molar-refractivity contribution in [3.05, 3.63) is 35.6 Å². The van der Waals surface area contributed by atoms with E-state index in [-0.39, 0.29) is 17.8 Å². The Morgan fingerprint density at radius 1 is 1.41 bits per heavy atom. The molecule has 1 aliphatic rings. The van der Waals surface area contributed by atoms with E-state index in [1.54, 1.807) is 12.1 Å². The highest BCUT2D eigenvalue weighted by Gasteiger charge is 2.22. The number of amides is 1. The van der Waals surface area contributed by atoms with E-state index in [4.69, 9.17) is 0 Å². The zero-order valence-corrected chi connectivity index (χ0v) is 9.95. The van der Waals surface area contributed by atoms with Gasteiger partial charge in [-0.1, -0.05) is 0 Å². The molecule has 0 spiro atoms. The summed E-state index contributed by atoms with van der Waals surface area (Å²) in [6.07, 6.45) is 0.956. The van der Waals surface area contributed by atoms with Gasteiger partial charge in [0.15, 0.2) is 0 Å². The minimum Gasteiger partial charge on any atom is -0.335 e. The fourth-order valence-electron chi connectivity index (χ4n) is 2.08. The zero-order chi connectivity index (χ0) is 12.3. The van der Waals surface area contributed by atoms with E-state index < -0.39 is 0 Å². The first kappa shape index (κ1) is 12.0. The highest BCUT2D eigenvalue weighted by atomic mass is 19.1. The Balaban J connectivity index is 2.15. The van der Waals surface area contributed by atoms with Gasteiger partial charge in [0.05, 0.1) is 0 Å². The number of carbonyl (C=O) groups is 1. The summed E-state index contributed by atoms with van der Waals surface area (Å²) in [4.78, 5) is 14.1. The molecule has 92 valence electrons. The van der Waals surface area contributed by atoms with E-state index in [2.05, 4.69) is 5.32 Å². The molecule has 1 amide bonds. The van der Waals surface area contributed by atoms with Crippen LogP contribution in [0.2, 0.25) is 0 Å². The molecule has 3 nitrogen and oxygen atoms in total. The van der Waals surface area contributed by atoms with E-state index in [9.17, 15) is 9.18 Å². The quantitative estimate of drug-likeness (QED) is 0.804. The van der Waals surface area contributed by atoms with Gasteiger partial charge in [-0.15, -0.1) is 0 Å². The van der Waals surface area contributed by atoms with Crippen molar-refractivity contribution >= 4 is 5.91 Å². The molecule has 1 atom stereocenters. The van der Waals surface area contributed by atoms with E-state index in [1.807, 2.05) is 11.8 Å². The number of carbonyl (C=O) groups excluding carboxylic acids is 1. The monoisotopic (exact) mass is 236 g/mol. The Morgan fingerprint density at radius 2 is 2.12 bits per heavy atom. The Kier molecular flexibility index (Phi) is 3.74. The molecule has 0 aliphatic carbocycles. The van der Waals surface area contributed by atoms with Crippen LogP contribution >= 0.6 is 0 Å². The lowest BCUT2D eigenvalue weighted by Gasteiger charge is -2.26. The number of nitrogens with zero attached hydrogens (tertiary/aromatic N) is 1. The summed E-state index contributed by atoms with van der Waals surface area (Å²) in [7, 11) is 0. The first-order valence-corrected chi connectivity index (χ1v) is 5.96. The minimum absolute atomic E-state index is 0.0128. The molecular weight excluding hydrogens is 219 g/mol. The maximum atomic E-state index is 12.8. The van der Waals surface area contributed by atoms with Crippen molar-refractivity contribution in [3.63, 3.8) is 0 Å². The molecule has 1 N–H and O–H groups in total. The maximum absolute atomic E-state index is 12.8. The van der Waals surface area contributed by atoms with Gasteiger partial charge in [0, 0.05) is 24.7 Å². The molecule has 0 bridgehead atoms. The Bertz CT molecular complexity index is 391. The summed E-state index contributed by atoms with van der Waals surface area (Å²) in [5.41, 5.74) is 0.556. The van der Waals surface area contributed by atoms with Gasteiger partial charge in [-0.3, -0.25) is 4.79 Å². The molecule has 4 heteroatoms. The molecule has 1 fully saturated rings. The van der Waals surface area contributed by atoms with Gasteiger partial charge in [-0.2, -0.15) is 0 Å². The summed E-state index contributed by atoms with van der Waals surface area (Å²) >= 11 is 0. The number of hydrogen-bond donors (Lipinski definition) is 1. The fraction of sp³-hybridized carbons (Fsp3) is 0.462. The average molecular weight is 236 g/mol. The lowest BCUT2D eigenvalue weighted by molar-refractivity contribution is 0.0707. The molecule has 1 aromatic carbocycles. The van der Waals surface area contributed by atoms with Crippen LogP contribution in [0.3, 0.4) is 0 Å². The smallest absolute Gasteiger partial charge is 0.254 e. The molecule has 0 radical (unpaired) electrons. The summed E-state index contributed by atoms with van der Waals surface area (Å²) in [6, 6.07) is 5.92. The van der Waals surface area contributed by atoms with Crippen LogP contribution in [0.5, 0.6) is 0 Å². The lowest BCUT2D eigenvalue weighted by Crippen LogP contribution is -2.41. The van der Waals surface area contributed by atoms with Gasteiger partial charge in [0.2, 0.25) is 0 Å². The number of nitrogens with one attached hydrogen (secondary N) is 1. The van der Waals surface area contributed by atoms with Crippen molar-refractivity contribution in [2.24, 2.45) is 0 Å². The van der Waals surface area contributed by atoms with Gasteiger partial charge >= 0.3 is 0 Å². The van der Waals surface area contributed by atoms with Crippen LogP contribution < -0.4 is 5.32 Å². The summed E-state index contributed by atoms with van der Waals surface area (Å²) in [5, 5.41) is 3.29. The van der Waals surface area contributed by atoms with Crippen LogP contribution in [0.4, 0.5) is 4.39 Å².